The summed E-state index contributed by atoms with van der Waals surface area (Å²) in [7, 11) is 0. The standard InChI is InChI=1S/C25H26N6O/c1-2-11-27-22(3-1)19-6-4-17(5-7-19)14-28-23-13-24(32-20-10-12-26-15-20)30-25-21(18-8-9-18)16-29-31(23)25/h1-7,11,13,16,18,20,26,28H,8-10,12,14-15H2/t20-/m1/s1. The lowest BCUT2D eigenvalue weighted by molar-refractivity contribution is 0.214. The summed E-state index contributed by atoms with van der Waals surface area (Å²) in [5.41, 5.74) is 5.41. The molecule has 32 heavy (non-hydrogen) atoms. The Morgan fingerprint density at radius 3 is 2.75 bits per heavy atom. The number of ether oxygens (including phenoxy) is 1. The number of anilines is 1. The fraction of sp³-hybridized carbons (Fsp3) is 0.320. The smallest absolute Gasteiger partial charge is 0.219 e. The number of benzene rings is 1. The molecule has 0 unspecified atom stereocenters. The summed E-state index contributed by atoms with van der Waals surface area (Å²) >= 11 is 0. The molecule has 7 heteroatoms. The average molecular weight is 427 g/mol. The Labute approximate surface area is 186 Å². The summed E-state index contributed by atoms with van der Waals surface area (Å²) < 4.78 is 8.12. The first-order chi connectivity index (χ1) is 15.8. The van der Waals surface area contributed by atoms with E-state index in [4.69, 9.17) is 9.72 Å². The third-order valence-corrected chi connectivity index (χ3v) is 6.18. The van der Waals surface area contributed by atoms with Gasteiger partial charge in [-0.1, -0.05) is 30.3 Å². The summed E-state index contributed by atoms with van der Waals surface area (Å²) in [6.07, 6.45) is 7.39. The average Bonchev–Trinajstić information content (AvgIpc) is 3.38. The summed E-state index contributed by atoms with van der Waals surface area (Å²) in [6, 6.07) is 16.4. The summed E-state index contributed by atoms with van der Waals surface area (Å²) in [5, 5.41) is 11.5. The molecular weight excluding hydrogens is 400 g/mol. The number of fused-ring (bicyclic) bond motifs is 1. The monoisotopic (exact) mass is 426 g/mol. The van der Waals surface area contributed by atoms with E-state index in [0.717, 1.165) is 42.2 Å². The number of rotatable bonds is 7. The van der Waals surface area contributed by atoms with Crippen LogP contribution in [0.5, 0.6) is 5.88 Å². The van der Waals surface area contributed by atoms with Crippen LogP contribution in [0.3, 0.4) is 0 Å². The molecule has 1 aliphatic carbocycles. The van der Waals surface area contributed by atoms with Gasteiger partial charge in [0.1, 0.15) is 11.9 Å². The van der Waals surface area contributed by atoms with Crippen LogP contribution in [0.2, 0.25) is 0 Å². The molecule has 2 N–H and O–H groups in total. The zero-order chi connectivity index (χ0) is 21.3. The van der Waals surface area contributed by atoms with Crippen LogP contribution < -0.4 is 15.4 Å². The van der Waals surface area contributed by atoms with E-state index in [9.17, 15) is 0 Å². The van der Waals surface area contributed by atoms with Crippen LogP contribution in [-0.2, 0) is 6.54 Å². The van der Waals surface area contributed by atoms with Crippen LogP contribution in [0, 0.1) is 0 Å². The van der Waals surface area contributed by atoms with Crippen molar-refractivity contribution < 1.29 is 4.74 Å². The molecule has 0 radical (unpaired) electrons. The van der Waals surface area contributed by atoms with Crippen molar-refractivity contribution in [2.45, 2.75) is 37.8 Å². The van der Waals surface area contributed by atoms with Crippen molar-refractivity contribution in [3.8, 4) is 17.1 Å². The first-order valence-electron chi connectivity index (χ1n) is 11.3. The number of pyridine rings is 1. The quantitative estimate of drug-likeness (QED) is 0.465. The SMILES string of the molecule is c1ccc(-c2ccc(CNc3cc(O[C@@H]4CCNC4)nc4c(C5CC5)cnn34)cc2)nc1. The number of nitrogens with one attached hydrogen (secondary N) is 2. The third-order valence-electron chi connectivity index (χ3n) is 6.18. The van der Waals surface area contributed by atoms with E-state index in [-0.39, 0.29) is 6.10 Å². The van der Waals surface area contributed by atoms with Crippen LogP contribution in [0.25, 0.3) is 16.9 Å². The van der Waals surface area contributed by atoms with Crippen molar-refractivity contribution >= 4 is 11.5 Å². The van der Waals surface area contributed by atoms with E-state index in [1.807, 2.05) is 41.2 Å². The Kier molecular flexibility index (Phi) is 4.96. The van der Waals surface area contributed by atoms with Gasteiger partial charge >= 0.3 is 0 Å². The van der Waals surface area contributed by atoms with Gasteiger partial charge in [0, 0.05) is 36.5 Å². The molecule has 0 bridgehead atoms. The van der Waals surface area contributed by atoms with Gasteiger partial charge in [0.2, 0.25) is 5.88 Å². The number of hydrogen-bond acceptors (Lipinski definition) is 6. The van der Waals surface area contributed by atoms with Crippen LogP contribution in [-0.4, -0.2) is 38.8 Å². The molecule has 2 fully saturated rings. The third kappa shape index (κ3) is 3.91. The molecule has 6 rings (SSSR count). The zero-order valence-electron chi connectivity index (χ0n) is 17.9. The minimum Gasteiger partial charge on any atom is -0.473 e. The lowest BCUT2D eigenvalue weighted by Gasteiger charge is -2.15. The largest absolute Gasteiger partial charge is 0.473 e. The molecular formula is C25H26N6O. The van der Waals surface area contributed by atoms with Gasteiger partial charge in [-0.3, -0.25) is 4.98 Å². The summed E-state index contributed by atoms with van der Waals surface area (Å²) in [4.78, 5) is 9.25. The molecule has 0 amide bonds. The molecule has 1 atom stereocenters. The van der Waals surface area contributed by atoms with Crippen molar-refractivity contribution in [3.05, 3.63) is 72.1 Å². The Morgan fingerprint density at radius 2 is 2.00 bits per heavy atom. The second kappa shape index (κ2) is 8.24. The highest BCUT2D eigenvalue weighted by molar-refractivity contribution is 5.60. The Bertz CT molecular complexity index is 1210. The summed E-state index contributed by atoms with van der Waals surface area (Å²) in [6.45, 7) is 2.55. The molecule has 162 valence electrons. The maximum absolute atomic E-state index is 6.20. The van der Waals surface area contributed by atoms with Gasteiger partial charge in [0.05, 0.1) is 11.9 Å². The van der Waals surface area contributed by atoms with E-state index < -0.39 is 0 Å². The van der Waals surface area contributed by atoms with Gasteiger partial charge in [-0.15, -0.1) is 0 Å². The minimum atomic E-state index is 0.171. The second-order valence-corrected chi connectivity index (χ2v) is 8.59. The number of hydrogen-bond donors (Lipinski definition) is 2. The topological polar surface area (TPSA) is 76.4 Å². The van der Waals surface area contributed by atoms with Crippen LogP contribution in [0.15, 0.2) is 60.9 Å². The van der Waals surface area contributed by atoms with Crippen LogP contribution in [0.1, 0.15) is 36.3 Å². The lowest BCUT2D eigenvalue weighted by Crippen LogP contribution is -2.20. The maximum atomic E-state index is 6.20. The van der Waals surface area contributed by atoms with Gasteiger partial charge in [-0.25, -0.2) is 0 Å². The highest BCUT2D eigenvalue weighted by Crippen LogP contribution is 2.42. The Balaban J connectivity index is 1.25. The van der Waals surface area contributed by atoms with E-state index in [0.29, 0.717) is 18.3 Å². The minimum absolute atomic E-state index is 0.171. The van der Waals surface area contributed by atoms with E-state index in [2.05, 4.69) is 45.0 Å². The van der Waals surface area contributed by atoms with Crippen LogP contribution >= 0.6 is 0 Å². The van der Waals surface area contributed by atoms with Gasteiger partial charge < -0.3 is 15.4 Å². The fourth-order valence-corrected chi connectivity index (χ4v) is 4.25. The maximum Gasteiger partial charge on any atom is 0.219 e. The lowest BCUT2D eigenvalue weighted by atomic mass is 10.1. The zero-order valence-corrected chi connectivity index (χ0v) is 17.9. The highest BCUT2D eigenvalue weighted by Gasteiger charge is 2.28. The van der Waals surface area contributed by atoms with Gasteiger partial charge in [0.15, 0.2) is 5.65 Å². The van der Waals surface area contributed by atoms with Crippen molar-refractivity contribution in [2.24, 2.45) is 0 Å². The second-order valence-electron chi connectivity index (χ2n) is 8.59. The molecule has 1 saturated heterocycles. The predicted octanol–water partition coefficient (Wildman–Crippen LogP) is 4.02. The molecule has 1 aromatic carbocycles. The molecule has 4 heterocycles. The van der Waals surface area contributed by atoms with Gasteiger partial charge in [-0.2, -0.15) is 14.6 Å². The molecule has 2 aliphatic rings. The number of aromatic nitrogens is 4. The first-order valence-corrected chi connectivity index (χ1v) is 11.3. The highest BCUT2D eigenvalue weighted by atomic mass is 16.5. The van der Waals surface area contributed by atoms with E-state index in [1.165, 1.54) is 24.0 Å². The van der Waals surface area contributed by atoms with Crippen molar-refractivity contribution in [2.75, 3.05) is 18.4 Å². The Morgan fingerprint density at radius 1 is 1.09 bits per heavy atom. The molecule has 4 aromatic rings. The van der Waals surface area contributed by atoms with Gasteiger partial charge in [-0.05, 0) is 49.4 Å². The van der Waals surface area contributed by atoms with Crippen LogP contribution in [0.4, 0.5) is 5.82 Å². The normalized spacial score (nSPS) is 18.2. The first kappa shape index (κ1) is 19.3. The van der Waals surface area contributed by atoms with Crippen molar-refractivity contribution in [3.63, 3.8) is 0 Å². The number of nitrogens with zero attached hydrogens (tertiary/aromatic N) is 4. The van der Waals surface area contributed by atoms with E-state index in [1.54, 1.807) is 0 Å². The fourth-order valence-electron chi connectivity index (χ4n) is 4.25. The summed E-state index contributed by atoms with van der Waals surface area (Å²) in [5.74, 6) is 2.15. The molecule has 1 aliphatic heterocycles. The molecule has 0 spiro atoms. The van der Waals surface area contributed by atoms with E-state index >= 15 is 0 Å². The van der Waals surface area contributed by atoms with Crippen molar-refractivity contribution in [1.82, 2.24) is 24.9 Å². The molecule has 1 saturated carbocycles. The molecule has 7 nitrogen and oxygen atoms in total. The van der Waals surface area contributed by atoms with Crippen molar-refractivity contribution in [1.29, 1.82) is 0 Å². The predicted molar refractivity (Wildman–Crippen MR) is 124 cm³/mol. The Hall–Kier alpha value is -3.45. The molecule has 3 aromatic heterocycles. The van der Waals surface area contributed by atoms with Gasteiger partial charge in [0.25, 0.3) is 0 Å².